The number of rotatable bonds is 2. The highest BCUT2D eigenvalue weighted by Gasteiger charge is 2.20. The van der Waals surface area contributed by atoms with Crippen molar-refractivity contribution >= 4 is 0 Å². The molecular weight excluding hydrogens is 246 g/mol. The summed E-state index contributed by atoms with van der Waals surface area (Å²) in [5.41, 5.74) is 12.5. The third-order valence-electron chi connectivity index (χ3n) is 3.76. The first kappa shape index (κ1) is 14.7. The molecule has 1 heterocycles. The molecule has 20 heavy (non-hydrogen) atoms. The second-order valence-corrected chi connectivity index (χ2v) is 6.12. The molecule has 2 rings (SSSR count). The van der Waals surface area contributed by atoms with Crippen LogP contribution in [0.1, 0.15) is 42.1 Å². The lowest BCUT2D eigenvalue weighted by Gasteiger charge is -2.19. The third kappa shape index (κ3) is 2.73. The molecule has 1 aromatic carbocycles. The molecule has 106 valence electrons. The number of aryl methyl sites for hydroxylation is 2. The van der Waals surface area contributed by atoms with E-state index in [9.17, 15) is 0 Å². The minimum atomic E-state index is -0.533. The van der Waals surface area contributed by atoms with Gasteiger partial charge in [0.25, 0.3) is 0 Å². The Bertz CT molecular complexity index is 652. The zero-order valence-electron chi connectivity index (χ0n) is 13.2. The van der Waals surface area contributed by atoms with Crippen LogP contribution in [0.25, 0.3) is 11.3 Å². The Kier molecular flexibility index (Phi) is 3.65. The summed E-state index contributed by atoms with van der Waals surface area (Å²) in [5.74, 6) is 0.685. The minimum Gasteiger partial charge on any atom is -0.319 e. The van der Waals surface area contributed by atoms with Crippen LogP contribution in [0, 0.1) is 27.7 Å². The van der Waals surface area contributed by atoms with Crippen molar-refractivity contribution in [2.45, 2.75) is 47.1 Å². The van der Waals surface area contributed by atoms with Gasteiger partial charge >= 0.3 is 0 Å². The van der Waals surface area contributed by atoms with Gasteiger partial charge in [-0.05, 0) is 64.3 Å². The van der Waals surface area contributed by atoms with E-state index in [-0.39, 0.29) is 0 Å². The van der Waals surface area contributed by atoms with E-state index in [4.69, 9.17) is 5.73 Å². The van der Waals surface area contributed by atoms with Crippen molar-refractivity contribution in [1.29, 1.82) is 0 Å². The average Bonchev–Trinajstić information content (AvgIpc) is 2.34. The predicted octanol–water partition coefficient (Wildman–Crippen LogP) is 3.57. The number of aromatic nitrogens is 2. The molecule has 0 amide bonds. The summed E-state index contributed by atoms with van der Waals surface area (Å²) in [6.45, 7) is 12.3. The number of nitrogens with two attached hydrogens (primary N) is 1. The highest BCUT2D eigenvalue weighted by atomic mass is 15.0. The topological polar surface area (TPSA) is 51.8 Å². The average molecular weight is 269 g/mol. The molecule has 0 radical (unpaired) electrons. The monoisotopic (exact) mass is 269 g/mol. The van der Waals surface area contributed by atoms with Crippen LogP contribution >= 0.6 is 0 Å². The Morgan fingerprint density at radius 3 is 2.20 bits per heavy atom. The van der Waals surface area contributed by atoms with E-state index in [2.05, 4.69) is 42.9 Å². The molecular formula is C17H23N3. The van der Waals surface area contributed by atoms with Crippen molar-refractivity contribution in [3.63, 3.8) is 0 Å². The molecule has 0 spiro atoms. The van der Waals surface area contributed by atoms with E-state index in [0.717, 1.165) is 17.0 Å². The number of nitrogens with zero attached hydrogens (tertiary/aromatic N) is 2. The molecule has 0 saturated heterocycles. The molecule has 3 nitrogen and oxygen atoms in total. The van der Waals surface area contributed by atoms with Crippen LogP contribution in [0.15, 0.2) is 18.2 Å². The van der Waals surface area contributed by atoms with Crippen LogP contribution < -0.4 is 5.73 Å². The summed E-state index contributed by atoms with van der Waals surface area (Å²) in [4.78, 5) is 9.13. The normalized spacial score (nSPS) is 11.8. The van der Waals surface area contributed by atoms with E-state index < -0.39 is 5.54 Å². The summed E-state index contributed by atoms with van der Waals surface area (Å²) in [6.07, 6.45) is 0. The molecule has 0 aliphatic carbocycles. The molecule has 0 unspecified atom stereocenters. The molecule has 0 saturated carbocycles. The van der Waals surface area contributed by atoms with E-state index in [0.29, 0.717) is 5.82 Å². The molecule has 3 heteroatoms. The second-order valence-electron chi connectivity index (χ2n) is 6.12. The lowest BCUT2D eigenvalue weighted by molar-refractivity contribution is 0.512. The highest BCUT2D eigenvalue weighted by molar-refractivity contribution is 5.66. The van der Waals surface area contributed by atoms with E-state index in [1.165, 1.54) is 16.7 Å². The van der Waals surface area contributed by atoms with Crippen LogP contribution in [0.3, 0.4) is 0 Å². The third-order valence-corrected chi connectivity index (χ3v) is 3.76. The smallest absolute Gasteiger partial charge is 0.148 e. The summed E-state index contributed by atoms with van der Waals surface area (Å²) in [7, 11) is 0. The van der Waals surface area contributed by atoms with Crippen LogP contribution in [-0.4, -0.2) is 9.97 Å². The maximum Gasteiger partial charge on any atom is 0.148 e. The Morgan fingerprint density at radius 1 is 0.950 bits per heavy atom. The first-order valence-electron chi connectivity index (χ1n) is 6.92. The van der Waals surface area contributed by atoms with Crippen molar-refractivity contribution in [2.24, 2.45) is 5.73 Å². The fraction of sp³-hybridized carbons (Fsp3) is 0.412. The summed E-state index contributed by atoms with van der Waals surface area (Å²) < 4.78 is 0. The molecule has 0 bridgehead atoms. The van der Waals surface area contributed by atoms with E-state index >= 15 is 0 Å². The molecule has 0 atom stereocenters. The lowest BCUT2D eigenvalue weighted by Crippen LogP contribution is -2.31. The van der Waals surface area contributed by atoms with Crippen molar-refractivity contribution < 1.29 is 0 Å². The van der Waals surface area contributed by atoms with Crippen LogP contribution in [0.5, 0.6) is 0 Å². The lowest BCUT2D eigenvalue weighted by atomic mass is 9.96. The van der Waals surface area contributed by atoms with Gasteiger partial charge in [0.1, 0.15) is 5.82 Å². The fourth-order valence-electron chi connectivity index (χ4n) is 2.23. The SMILES string of the molecule is Cc1cc(-c2ccc(C)c(C)c2C)nc(C(C)(C)N)n1. The van der Waals surface area contributed by atoms with Gasteiger partial charge in [0.05, 0.1) is 11.2 Å². The zero-order valence-corrected chi connectivity index (χ0v) is 13.2. The second kappa shape index (κ2) is 4.98. The molecule has 0 aliphatic heterocycles. The van der Waals surface area contributed by atoms with Gasteiger partial charge in [-0.25, -0.2) is 9.97 Å². The summed E-state index contributed by atoms with van der Waals surface area (Å²) >= 11 is 0. The van der Waals surface area contributed by atoms with Crippen LogP contribution in [-0.2, 0) is 5.54 Å². The zero-order chi connectivity index (χ0) is 15.1. The predicted molar refractivity (Wildman–Crippen MR) is 83.6 cm³/mol. The van der Waals surface area contributed by atoms with Gasteiger partial charge < -0.3 is 5.73 Å². The molecule has 0 aliphatic rings. The quantitative estimate of drug-likeness (QED) is 0.906. The Hall–Kier alpha value is -1.74. The standard InChI is InChI=1S/C17H23N3/c1-10-7-8-14(13(4)12(10)3)15-9-11(2)19-16(20-15)17(5,6)18/h7-9H,18H2,1-6H3. The van der Waals surface area contributed by atoms with Gasteiger partial charge in [-0.2, -0.15) is 0 Å². The number of hydrogen-bond donors (Lipinski definition) is 1. The summed E-state index contributed by atoms with van der Waals surface area (Å²) in [5, 5.41) is 0. The van der Waals surface area contributed by atoms with Gasteiger partial charge in [-0.3, -0.25) is 0 Å². The van der Waals surface area contributed by atoms with Crippen molar-refractivity contribution in [3.8, 4) is 11.3 Å². The van der Waals surface area contributed by atoms with Gasteiger partial charge in [-0.15, -0.1) is 0 Å². The van der Waals surface area contributed by atoms with Crippen LogP contribution in [0.2, 0.25) is 0 Å². The van der Waals surface area contributed by atoms with Gasteiger partial charge in [0.2, 0.25) is 0 Å². The Balaban J connectivity index is 2.65. The largest absolute Gasteiger partial charge is 0.319 e. The Labute approximate surface area is 121 Å². The first-order chi connectivity index (χ1) is 9.20. The molecule has 0 fully saturated rings. The highest BCUT2D eigenvalue weighted by Crippen LogP contribution is 2.27. The Morgan fingerprint density at radius 2 is 1.60 bits per heavy atom. The van der Waals surface area contributed by atoms with Gasteiger partial charge in [0.15, 0.2) is 0 Å². The molecule has 1 aromatic heterocycles. The minimum absolute atomic E-state index is 0.533. The van der Waals surface area contributed by atoms with E-state index in [1.54, 1.807) is 0 Å². The van der Waals surface area contributed by atoms with Crippen LogP contribution in [0.4, 0.5) is 0 Å². The molecule has 2 aromatic rings. The maximum atomic E-state index is 6.14. The molecule has 2 N–H and O–H groups in total. The van der Waals surface area contributed by atoms with Crippen molar-refractivity contribution in [2.75, 3.05) is 0 Å². The first-order valence-corrected chi connectivity index (χ1v) is 6.92. The number of benzene rings is 1. The van der Waals surface area contributed by atoms with Crippen molar-refractivity contribution in [3.05, 3.63) is 46.4 Å². The van der Waals surface area contributed by atoms with Gasteiger partial charge in [0, 0.05) is 11.3 Å². The van der Waals surface area contributed by atoms with Crippen molar-refractivity contribution in [1.82, 2.24) is 9.97 Å². The summed E-state index contributed by atoms with van der Waals surface area (Å²) in [6, 6.07) is 6.29. The maximum absolute atomic E-state index is 6.14. The number of hydrogen-bond acceptors (Lipinski definition) is 3. The van der Waals surface area contributed by atoms with Gasteiger partial charge in [-0.1, -0.05) is 12.1 Å². The fourth-order valence-corrected chi connectivity index (χ4v) is 2.23. The van der Waals surface area contributed by atoms with E-state index in [1.807, 2.05) is 26.8 Å².